The quantitative estimate of drug-likeness (QED) is 0.0431. The summed E-state index contributed by atoms with van der Waals surface area (Å²) in [6.45, 7) is 18.8. The summed E-state index contributed by atoms with van der Waals surface area (Å²) < 4.78 is 12.2. The van der Waals surface area contributed by atoms with Crippen LogP contribution in [0.15, 0.2) is 24.8 Å². The molecule has 49 heavy (non-hydrogen) atoms. The number of esters is 2. The summed E-state index contributed by atoms with van der Waals surface area (Å²) in [5, 5.41) is 0. The van der Waals surface area contributed by atoms with Crippen LogP contribution in [-0.4, -0.2) is 88.5 Å². The summed E-state index contributed by atoms with van der Waals surface area (Å²) >= 11 is 0. The van der Waals surface area contributed by atoms with E-state index >= 15 is 0 Å². The molecule has 0 spiro atoms. The Morgan fingerprint density at radius 2 is 0.796 bits per heavy atom. The van der Waals surface area contributed by atoms with Crippen molar-refractivity contribution in [3.05, 3.63) is 24.8 Å². The van der Waals surface area contributed by atoms with Gasteiger partial charge in [0, 0.05) is 24.5 Å². The number of nitrogens with zero attached hydrogens (tertiary/aromatic N) is 2. The molecule has 0 aromatic carbocycles. The van der Waals surface area contributed by atoms with Gasteiger partial charge in [-0.1, -0.05) is 130 Å². The number of unbranched alkanes of at least 4 members (excludes halogenated alkanes) is 18. The van der Waals surface area contributed by atoms with Gasteiger partial charge in [0.15, 0.2) is 0 Å². The number of halogens is 2. The Kier molecular flexibility index (Phi) is 43.3. The third kappa shape index (κ3) is 43.4. The molecule has 0 unspecified atom stereocenters. The molecule has 0 aromatic rings. The first kappa shape index (κ1) is 55.1. The fourth-order valence-corrected chi connectivity index (χ4v) is 5.78. The monoisotopic (exact) mass is 824 g/mol. The molecule has 294 valence electrons. The molecule has 0 radical (unpaired) electrons. The summed E-state index contributed by atoms with van der Waals surface area (Å²) in [5.41, 5.74) is 0.481. The maximum Gasteiger partial charge on any atom is 0.333 e. The number of rotatable bonds is 32. The lowest BCUT2D eigenvalue weighted by Gasteiger charge is -2.29. The van der Waals surface area contributed by atoms with Gasteiger partial charge >= 0.3 is 11.9 Å². The van der Waals surface area contributed by atoms with E-state index in [0.29, 0.717) is 18.8 Å². The molecular weight excluding hydrogens is 744 g/mol. The Bertz CT molecular complexity index is 775. The van der Waals surface area contributed by atoms with Gasteiger partial charge in [-0.05, 0) is 32.6 Å². The third-order valence-corrected chi connectivity index (χ3v) is 9.04. The van der Waals surface area contributed by atoms with Gasteiger partial charge in [0.25, 0.3) is 0 Å². The number of ether oxygens (including phenoxy) is 2. The fourth-order valence-electron chi connectivity index (χ4n) is 5.78. The number of hydrogen-bond donors (Lipinski definition) is 0. The van der Waals surface area contributed by atoms with E-state index < -0.39 is 0 Å². The predicted octanol–water partition coefficient (Wildman–Crippen LogP) is 4.60. The minimum atomic E-state index is -0.315. The molecular formula is C41H82Br2N2O4. The molecule has 0 fully saturated rings. The van der Waals surface area contributed by atoms with Crippen molar-refractivity contribution in [2.45, 2.75) is 162 Å². The first-order chi connectivity index (χ1) is 22.4. The topological polar surface area (TPSA) is 52.6 Å². The summed E-state index contributed by atoms with van der Waals surface area (Å²) in [6.07, 6.45) is 30.8. The molecule has 0 saturated carbocycles. The predicted molar refractivity (Wildman–Crippen MR) is 204 cm³/mol. The van der Waals surface area contributed by atoms with Gasteiger partial charge in [0.05, 0.1) is 67.6 Å². The molecule has 8 heteroatoms. The van der Waals surface area contributed by atoms with Gasteiger partial charge in [-0.25, -0.2) is 9.59 Å². The van der Waals surface area contributed by atoms with Crippen LogP contribution in [0.3, 0.4) is 0 Å². The highest BCUT2D eigenvalue weighted by molar-refractivity contribution is 5.86. The van der Waals surface area contributed by atoms with Gasteiger partial charge in [0.2, 0.25) is 0 Å². The number of quaternary nitrogens is 2. The van der Waals surface area contributed by atoms with E-state index in [-0.39, 0.29) is 45.9 Å². The lowest BCUT2D eigenvalue weighted by molar-refractivity contribution is -0.890. The van der Waals surface area contributed by atoms with Crippen molar-refractivity contribution >= 4 is 11.9 Å². The van der Waals surface area contributed by atoms with Crippen LogP contribution < -0.4 is 34.0 Å². The van der Waals surface area contributed by atoms with Gasteiger partial charge in [-0.15, -0.1) is 0 Å². The SMILES string of the molecule is C=C(C)C(=O)OCCC[N+](C)(C)CCCCCCCCCCCC.C=CC(=O)OCCC[N+](C)(C)CCCCCCCCCCCC.[Br-].[Br-]. The van der Waals surface area contributed by atoms with Gasteiger partial charge in [0.1, 0.15) is 0 Å². The molecule has 0 heterocycles. The average molecular weight is 827 g/mol. The lowest BCUT2D eigenvalue weighted by atomic mass is 10.1. The second-order valence-corrected chi connectivity index (χ2v) is 15.1. The van der Waals surface area contributed by atoms with Crippen LogP contribution in [0.5, 0.6) is 0 Å². The van der Waals surface area contributed by atoms with Gasteiger partial charge < -0.3 is 52.4 Å². The maximum atomic E-state index is 11.3. The maximum absolute atomic E-state index is 11.3. The standard InChI is InChI=1S/C21H42NO2.C20H40NO2.2BrH/c1-6-7-8-9-10-11-12-13-14-15-17-22(4,5)18-16-19-24-21(23)20(2)3;1-5-7-8-9-10-11-12-13-14-15-17-21(3,4)18-16-19-23-20(22)6-2;;/h2,6-19H2,1,3-5H3;6H,2,5,7-19H2,1,3-4H3;2*1H/q2*+1;;/p-2. The van der Waals surface area contributed by atoms with Crippen LogP contribution in [-0.2, 0) is 19.1 Å². The minimum Gasteiger partial charge on any atom is -1.00 e. The van der Waals surface area contributed by atoms with E-state index in [1.54, 1.807) is 6.92 Å². The van der Waals surface area contributed by atoms with E-state index in [4.69, 9.17) is 9.47 Å². The Morgan fingerprint density at radius 1 is 0.510 bits per heavy atom. The van der Waals surface area contributed by atoms with E-state index in [2.05, 4.69) is 55.2 Å². The summed E-state index contributed by atoms with van der Waals surface area (Å²) in [7, 11) is 9.08. The zero-order valence-corrected chi connectivity index (χ0v) is 36.7. The largest absolute Gasteiger partial charge is 1.00 e. The first-order valence-corrected chi connectivity index (χ1v) is 19.7. The second-order valence-electron chi connectivity index (χ2n) is 15.1. The molecule has 0 aliphatic carbocycles. The van der Waals surface area contributed by atoms with E-state index in [1.165, 1.54) is 148 Å². The second kappa shape index (κ2) is 38.5. The molecule has 0 aliphatic rings. The molecule has 0 aromatic heterocycles. The van der Waals surface area contributed by atoms with Crippen LogP contribution in [0, 0.1) is 0 Å². The zero-order chi connectivity index (χ0) is 35.7. The highest BCUT2D eigenvalue weighted by atomic mass is 79.9. The van der Waals surface area contributed by atoms with Crippen molar-refractivity contribution in [1.82, 2.24) is 0 Å². The summed E-state index contributed by atoms with van der Waals surface area (Å²) in [5.74, 6) is -0.583. The first-order valence-electron chi connectivity index (χ1n) is 19.7. The molecule has 6 nitrogen and oxygen atoms in total. The molecule has 0 saturated heterocycles. The van der Waals surface area contributed by atoms with Gasteiger partial charge in [-0.3, -0.25) is 0 Å². The van der Waals surface area contributed by atoms with E-state index in [9.17, 15) is 9.59 Å². The minimum absolute atomic E-state index is 0. The number of carbonyl (C=O) groups is 2. The van der Waals surface area contributed by atoms with Crippen molar-refractivity contribution in [3.63, 3.8) is 0 Å². The van der Waals surface area contributed by atoms with Crippen molar-refractivity contribution in [1.29, 1.82) is 0 Å². The van der Waals surface area contributed by atoms with Gasteiger partial charge in [-0.2, -0.15) is 0 Å². The van der Waals surface area contributed by atoms with E-state index in [0.717, 1.165) is 34.9 Å². The number of carbonyl (C=O) groups excluding carboxylic acids is 2. The van der Waals surface area contributed by atoms with Crippen LogP contribution >= 0.6 is 0 Å². The summed E-state index contributed by atoms with van der Waals surface area (Å²) in [4.78, 5) is 22.3. The van der Waals surface area contributed by atoms with Crippen LogP contribution in [0.1, 0.15) is 162 Å². The van der Waals surface area contributed by atoms with Crippen LogP contribution in [0.2, 0.25) is 0 Å². The highest BCUT2D eigenvalue weighted by Crippen LogP contribution is 2.13. The molecule has 0 aliphatic heterocycles. The lowest BCUT2D eigenvalue weighted by Crippen LogP contribution is -3.00. The number of hydrogen-bond acceptors (Lipinski definition) is 4. The molecule has 0 bridgehead atoms. The van der Waals surface area contributed by atoms with Crippen molar-refractivity contribution in [3.8, 4) is 0 Å². The third-order valence-electron chi connectivity index (χ3n) is 9.04. The van der Waals surface area contributed by atoms with Crippen LogP contribution in [0.4, 0.5) is 0 Å². The Labute approximate surface area is 326 Å². The van der Waals surface area contributed by atoms with E-state index in [1.807, 2.05) is 0 Å². The van der Waals surface area contributed by atoms with Crippen molar-refractivity contribution in [2.75, 3.05) is 67.6 Å². The normalized spacial score (nSPS) is 11.0. The Morgan fingerprint density at radius 3 is 1.10 bits per heavy atom. The molecule has 0 amide bonds. The zero-order valence-electron chi connectivity index (χ0n) is 33.6. The molecule has 0 atom stereocenters. The smallest absolute Gasteiger partial charge is 0.333 e. The molecule has 0 N–H and O–H groups in total. The highest BCUT2D eigenvalue weighted by Gasteiger charge is 2.15. The van der Waals surface area contributed by atoms with Crippen LogP contribution in [0.25, 0.3) is 0 Å². The Hall–Kier alpha value is -0.700. The van der Waals surface area contributed by atoms with Crippen molar-refractivity contribution < 1.29 is 62.0 Å². The average Bonchev–Trinajstić information content (AvgIpc) is 3.03. The summed E-state index contributed by atoms with van der Waals surface area (Å²) in [6, 6.07) is 0. The fraction of sp³-hybridized carbons (Fsp3) is 0.854. The molecule has 0 rings (SSSR count). The Balaban J connectivity index is -0.000000397. The van der Waals surface area contributed by atoms with Crippen molar-refractivity contribution in [2.24, 2.45) is 0 Å².